The van der Waals surface area contributed by atoms with E-state index in [1.54, 1.807) is 72.5 Å². The van der Waals surface area contributed by atoms with Gasteiger partial charge in [-0.1, -0.05) is 35.3 Å². The SMILES string of the molecule is CCOC(=O)c1ccc(N(Cc2ccc(Cl)cc2Cl)C(=S)NC(=O)c2c(OC)cccc2OC)cc1. The van der Waals surface area contributed by atoms with Crippen molar-refractivity contribution >= 4 is 58.1 Å². The van der Waals surface area contributed by atoms with E-state index < -0.39 is 11.9 Å². The first-order valence-corrected chi connectivity index (χ1v) is 12.0. The Hall–Kier alpha value is -3.33. The van der Waals surface area contributed by atoms with Gasteiger partial charge in [0.25, 0.3) is 5.91 Å². The van der Waals surface area contributed by atoms with Crippen LogP contribution < -0.4 is 19.7 Å². The van der Waals surface area contributed by atoms with Gasteiger partial charge in [0.1, 0.15) is 17.1 Å². The number of halogens is 2. The van der Waals surface area contributed by atoms with Gasteiger partial charge >= 0.3 is 5.97 Å². The van der Waals surface area contributed by atoms with Crippen molar-refractivity contribution in [3.8, 4) is 11.5 Å². The number of benzene rings is 3. The van der Waals surface area contributed by atoms with Gasteiger partial charge in [0.15, 0.2) is 5.11 Å². The monoisotopic (exact) mass is 546 g/mol. The maximum Gasteiger partial charge on any atom is 0.338 e. The molecule has 0 bridgehead atoms. The molecule has 36 heavy (non-hydrogen) atoms. The zero-order valence-corrected chi connectivity index (χ0v) is 22.2. The molecule has 0 aromatic heterocycles. The number of carbonyl (C=O) groups excluding carboxylic acids is 2. The first-order valence-electron chi connectivity index (χ1n) is 10.8. The Morgan fingerprint density at radius 3 is 2.17 bits per heavy atom. The van der Waals surface area contributed by atoms with Crippen LogP contribution in [0.2, 0.25) is 10.0 Å². The number of esters is 1. The van der Waals surface area contributed by atoms with E-state index in [1.807, 2.05) is 0 Å². The first-order chi connectivity index (χ1) is 17.3. The quantitative estimate of drug-likeness (QED) is 0.278. The van der Waals surface area contributed by atoms with Crippen molar-refractivity contribution in [2.75, 3.05) is 25.7 Å². The smallest absolute Gasteiger partial charge is 0.338 e. The van der Waals surface area contributed by atoms with E-state index in [1.165, 1.54) is 14.2 Å². The normalized spacial score (nSPS) is 10.4. The van der Waals surface area contributed by atoms with Crippen LogP contribution in [-0.2, 0) is 11.3 Å². The van der Waals surface area contributed by atoms with E-state index in [-0.39, 0.29) is 23.8 Å². The molecular weight excluding hydrogens is 523 g/mol. The van der Waals surface area contributed by atoms with E-state index >= 15 is 0 Å². The minimum Gasteiger partial charge on any atom is -0.496 e. The molecule has 1 N–H and O–H groups in total. The second-order valence-electron chi connectivity index (χ2n) is 7.39. The lowest BCUT2D eigenvalue weighted by Crippen LogP contribution is -2.42. The molecule has 0 fully saturated rings. The standard InChI is InChI=1S/C26H24Cl2N2O5S/c1-4-35-25(32)16-9-12-19(13-10-16)30(15-17-8-11-18(27)14-20(17)28)26(36)29-24(31)23-21(33-2)6-5-7-22(23)34-3/h5-14H,4,15H2,1-3H3,(H,29,31,36). The number of hydrogen-bond donors (Lipinski definition) is 1. The van der Waals surface area contributed by atoms with E-state index in [4.69, 9.17) is 49.6 Å². The highest BCUT2D eigenvalue weighted by Crippen LogP contribution is 2.29. The largest absolute Gasteiger partial charge is 0.496 e. The lowest BCUT2D eigenvalue weighted by Gasteiger charge is -2.26. The maximum absolute atomic E-state index is 13.2. The number of carbonyl (C=O) groups is 2. The number of hydrogen-bond acceptors (Lipinski definition) is 6. The van der Waals surface area contributed by atoms with Crippen molar-refractivity contribution in [3.63, 3.8) is 0 Å². The van der Waals surface area contributed by atoms with Crippen molar-refractivity contribution in [3.05, 3.63) is 87.4 Å². The summed E-state index contributed by atoms with van der Waals surface area (Å²) in [7, 11) is 2.92. The molecule has 3 aromatic carbocycles. The maximum atomic E-state index is 13.2. The summed E-state index contributed by atoms with van der Waals surface area (Å²) in [6.45, 7) is 2.23. The average Bonchev–Trinajstić information content (AvgIpc) is 2.87. The summed E-state index contributed by atoms with van der Waals surface area (Å²) in [4.78, 5) is 27.0. The highest BCUT2D eigenvalue weighted by atomic mass is 35.5. The van der Waals surface area contributed by atoms with Gasteiger partial charge in [-0.2, -0.15) is 0 Å². The van der Waals surface area contributed by atoms with Crippen molar-refractivity contribution in [2.24, 2.45) is 0 Å². The van der Waals surface area contributed by atoms with Crippen LogP contribution >= 0.6 is 35.4 Å². The topological polar surface area (TPSA) is 77.1 Å². The number of anilines is 1. The second kappa shape index (κ2) is 12.6. The number of amides is 1. The fourth-order valence-electron chi connectivity index (χ4n) is 3.39. The minimum absolute atomic E-state index is 0.0999. The van der Waals surface area contributed by atoms with E-state index in [0.717, 1.165) is 5.56 Å². The Bertz CT molecular complexity index is 1250. The fourth-order valence-corrected chi connectivity index (χ4v) is 4.13. The van der Waals surface area contributed by atoms with Gasteiger partial charge in [-0.3, -0.25) is 10.1 Å². The third-order valence-electron chi connectivity index (χ3n) is 5.15. The number of ether oxygens (including phenoxy) is 3. The molecule has 0 atom stereocenters. The van der Waals surface area contributed by atoms with Crippen molar-refractivity contribution in [1.29, 1.82) is 0 Å². The van der Waals surface area contributed by atoms with Crippen LogP contribution in [0.15, 0.2) is 60.7 Å². The molecule has 0 saturated heterocycles. The van der Waals surface area contributed by atoms with Gasteiger partial charge in [0.05, 0.1) is 32.9 Å². The van der Waals surface area contributed by atoms with Gasteiger partial charge in [-0.05, 0) is 73.2 Å². The van der Waals surface area contributed by atoms with E-state index in [9.17, 15) is 9.59 Å². The lowest BCUT2D eigenvalue weighted by molar-refractivity contribution is 0.0526. The molecule has 7 nitrogen and oxygen atoms in total. The van der Waals surface area contributed by atoms with Crippen LogP contribution in [0.3, 0.4) is 0 Å². The highest BCUT2D eigenvalue weighted by Gasteiger charge is 2.23. The molecule has 188 valence electrons. The molecule has 0 radical (unpaired) electrons. The zero-order chi connectivity index (χ0) is 26.2. The van der Waals surface area contributed by atoms with Crippen molar-refractivity contribution < 1.29 is 23.8 Å². The molecule has 0 aliphatic rings. The number of nitrogens with zero attached hydrogens (tertiary/aromatic N) is 1. The Morgan fingerprint density at radius 1 is 0.972 bits per heavy atom. The molecular formula is C26H24Cl2N2O5S. The molecule has 3 rings (SSSR count). The van der Waals surface area contributed by atoms with Gasteiger partial charge in [0.2, 0.25) is 0 Å². The third-order valence-corrected chi connectivity index (χ3v) is 6.06. The molecule has 0 saturated carbocycles. The predicted octanol–water partition coefficient (Wildman–Crippen LogP) is 5.91. The van der Waals surface area contributed by atoms with Gasteiger partial charge in [-0.25, -0.2) is 4.79 Å². The Morgan fingerprint density at radius 2 is 1.61 bits per heavy atom. The Balaban J connectivity index is 1.95. The van der Waals surface area contributed by atoms with Gasteiger partial charge in [-0.15, -0.1) is 0 Å². The third kappa shape index (κ3) is 6.46. The fraction of sp³-hybridized carbons (Fsp3) is 0.192. The van der Waals surface area contributed by atoms with Crippen LogP contribution in [0.1, 0.15) is 33.2 Å². The van der Waals surface area contributed by atoms with E-state index in [2.05, 4.69) is 5.32 Å². The molecule has 10 heteroatoms. The summed E-state index contributed by atoms with van der Waals surface area (Å²) in [5, 5.41) is 3.79. The van der Waals surface area contributed by atoms with Crippen LogP contribution in [0.5, 0.6) is 11.5 Å². The molecule has 0 aliphatic heterocycles. The van der Waals surface area contributed by atoms with Crippen LogP contribution in [0, 0.1) is 0 Å². The molecule has 0 aliphatic carbocycles. The van der Waals surface area contributed by atoms with Gasteiger partial charge < -0.3 is 19.1 Å². The number of methoxy groups -OCH3 is 2. The predicted molar refractivity (Wildman–Crippen MR) is 145 cm³/mol. The second-order valence-corrected chi connectivity index (χ2v) is 8.62. The minimum atomic E-state index is -0.510. The number of rotatable bonds is 8. The Kier molecular flexibility index (Phi) is 9.52. The summed E-state index contributed by atoms with van der Waals surface area (Å²) in [5.74, 6) is -0.276. The molecule has 3 aromatic rings. The van der Waals surface area contributed by atoms with E-state index in [0.29, 0.717) is 32.8 Å². The molecule has 0 unspecified atom stereocenters. The summed E-state index contributed by atoms with van der Waals surface area (Å²) in [6.07, 6.45) is 0. The zero-order valence-electron chi connectivity index (χ0n) is 19.8. The summed E-state index contributed by atoms with van der Waals surface area (Å²) < 4.78 is 15.7. The van der Waals surface area contributed by atoms with Crippen molar-refractivity contribution in [2.45, 2.75) is 13.5 Å². The summed E-state index contributed by atoms with van der Waals surface area (Å²) >= 11 is 18.1. The lowest BCUT2D eigenvalue weighted by atomic mass is 10.1. The van der Waals surface area contributed by atoms with Crippen LogP contribution in [0.4, 0.5) is 5.69 Å². The van der Waals surface area contributed by atoms with Crippen molar-refractivity contribution in [1.82, 2.24) is 5.32 Å². The molecule has 1 amide bonds. The number of nitrogens with one attached hydrogen (secondary N) is 1. The Labute approximate surface area is 224 Å². The highest BCUT2D eigenvalue weighted by molar-refractivity contribution is 7.80. The van der Waals surface area contributed by atoms with Gasteiger partial charge in [0, 0.05) is 15.7 Å². The number of thiocarbonyl (C=S) groups is 1. The first kappa shape index (κ1) is 27.3. The summed E-state index contributed by atoms with van der Waals surface area (Å²) in [5.41, 5.74) is 1.93. The summed E-state index contributed by atoms with van der Waals surface area (Å²) in [6, 6.07) is 16.8. The molecule has 0 heterocycles. The molecule has 0 spiro atoms. The van der Waals surface area contributed by atoms with Crippen LogP contribution in [0.25, 0.3) is 0 Å². The average molecular weight is 547 g/mol. The van der Waals surface area contributed by atoms with Crippen LogP contribution in [-0.4, -0.2) is 37.8 Å².